The molecule has 2 atom stereocenters. The van der Waals surface area contributed by atoms with Crippen LogP contribution in [0.4, 0.5) is 0 Å². The van der Waals surface area contributed by atoms with Gasteiger partial charge in [-0.2, -0.15) is 4.98 Å². The molecule has 2 unspecified atom stereocenters. The Kier molecular flexibility index (Phi) is 3.90. The quantitative estimate of drug-likeness (QED) is 0.774. The van der Waals surface area contributed by atoms with Crippen LogP contribution in [-0.4, -0.2) is 21.8 Å². The van der Waals surface area contributed by atoms with Crippen molar-refractivity contribution in [3.63, 3.8) is 0 Å². The first-order valence-electron chi connectivity index (χ1n) is 6.97. The Balaban J connectivity index is 1.80. The number of ether oxygens (including phenoxy) is 1. The first kappa shape index (κ1) is 13.5. The summed E-state index contributed by atoms with van der Waals surface area (Å²) in [5.41, 5.74) is 1.05. The molecular weight excluding hydrogens is 280 g/mol. The van der Waals surface area contributed by atoms with Crippen molar-refractivity contribution in [2.45, 2.75) is 50.5 Å². The fraction of sp³-hybridized carbons (Fsp3) is 0.714. The van der Waals surface area contributed by atoms with E-state index in [1.54, 1.807) is 11.8 Å². The Morgan fingerprint density at radius 2 is 1.89 bits per heavy atom. The second kappa shape index (κ2) is 5.49. The lowest BCUT2D eigenvalue weighted by Crippen LogP contribution is -2.29. The van der Waals surface area contributed by atoms with Crippen LogP contribution in [-0.2, 0) is 6.42 Å². The Morgan fingerprint density at radius 3 is 2.63 bits per heavy atom. The van der Waals surface area contributed by atoms with E-state index in [0.29, 0.717) is 11.2 Å². The molecule has 3 rings (SSSR count). The second-order valence-corrected chi connectivity index (χ2v) is 7.27. The first-order valence-corrected chi connectivity index (χ1v) is 8.34. The molecule has 0 spiro atoms. The van der Waals surface area contributed by atoms with Crippen LogP contribution in [0.15, 0.2) is 4.90 Å². The molecule has 0 aromatic carbocycles. The van der Waals surface area contributed by atoms with Crippen molar-refractivity contribution in [1.29, 1.82) is 0 Å². The lowest BCUT2D eigenvalue weighted by molar-refractivity contribution is 0.0936. The number of fused-ring (bicyclic) bond motifs is 1. The van der Waals surface area contributed by atoms with Gasteiger partial charge in [0.25, 0.3) is 0 Å². The third-order valence-electron chi connectivity index (χ3n) is 3.88. The van der Waals surface area contributed by atoms with E-state index < -0.39 is 0 Å². The third-order valence-corrected chi connectivity index (χ3v) is 5.15. The van der Waals surface area contributed by atoms with E-state index >= 15 is 0 Å². The van der Waals surface area contributed by atoms with E-state index in [1.165, 1.54) is 6.42 Å². The molecule has 3 nitrogen and oxygen atoms in total. The lowest BCUT2D eigenvalue weighted by atomic mass is 9.82. The summed E-state index contributed by atoms with van der Waals surface area (Å²) in [5, 5.41) is 0.313. The van der Waals surface area contributed by atoms with Crippen molar-refractivity contribution >= 4 is 23.4 Å². The minimum absolute atomic E-state index is 0.273. The Morgan fingerprint density at radius 1 is 1.16 bits per heavy atom. The van der Waals surface area contributed by atoms with Gasteiger partial charge in [-0.05, 0) is 42.7 Å². The van der Waals surface area contributed by atoms with Crippen LogP contribution in [0.3, 0.4) is 0 Å². The smallest absolute Gasteiger partial charge is 0.232 e. The zero-order valence-electron chi connectivity index (χ0n) is 11.4. The van der Waals surface area contributed by atoms with Crippen molar-refractivity contribution in [2.24, 2.45) is 11.8 Å². The summed E-state index contributed by atoms with van der Waals surface area (Å²) in [5.74, 6) is 3.22. The fourth-order valence-corrected chi connectivity index (χ4v) is 4.43. The van der Waals surface area contributed by atoms with Crippen LogP contribution in [0.25, 0.3) is 0 Å². The minimum atomic E-state index is 0.273. The highest BCUT2D eigenvalue weighted by Gasteiger charge is 2.28. The van der Waals surface area contributed by atoms with Gasteiger partial charge in [0, 0.05) is 12.2 Å². The standard InChI is InChI=1S/C14H19ClN2OS/c1-8-5-9(2)7-10(6-8)18-13-12-11(3-4-19-12)16-14(15)17-13/h8-10H,3-7H2,1-2H3. The van der Waals surface area contributed by atoms with Crippen molar-refractivity contribution < 1.29 is 4.74 Å². The van der Waals surface area contributed by atoms with E-state index in [0.717, 1.165) is 47.4 Å². The topological polar surface area (TPSA) is 35.0 Å². The lowest BCUT2D eigenvalue weighted by Gasteiger charge is -2.31. The van der Waals surface area contributed by atoms with Crippen LogP contribution < -0.4 is 4.74 Å². The number of halogens is 1. The summed E-state index contributed by atoms with van der Waals surface area (Å²) in [6.45, 7) is 4.61. The van der Waals surface area contributed by atoms with Gasteiger partial charge in [0.05, 0.1) is 10.6 Å². The van der Waals surface area contributed by atoms with Crippen LogP contribution in [0.2, 0.25) is 5.28 Å². The normalized spacial score (nSPS) is 30.2. The van der Waals surface area contributed by atoms with E-state index in [4.69, 9.17) is 16.3 Å². The van der Waals surface area contributed by atoms with Gasteiger partial charge in [-0.25, -0.2) is 4.98 Å². The molecule has 1 aliphatic carbocycles. The number of rotatable bonds is 2. The second-order valence-electron chi connectivity index (χ2n) is 5.83. The summed E-state index contributed by atoms with van der Waals surface area (Å²) in [6, 6.07) is 0. The van der Waals surface area contributed by atoms with Crippen LogP contribution in [0, 0.1) is 11.8 Å². The molecule has 19 heavy (non-hydrogen) atoms. The van der Waals surface area contributed by atoms with E-state index in [9.17, 15) is 0 Å². The molecule has 0 amide bonds. The van der Waals surface area contributed by atoms with E-state index in [-0.39, 0.29) is 6.10 Å². The molecule has 0 radical (unpaired) electrons. The summed E-state index contributed by atoms with van der Waals surface area (Å²) < 4.78 is 6.16. The van der Waals surface area contributed by atoms with Gasteiger partial charge in [-0.3, -0.25) is 0 Å². The average Bonchev–Trinajstić information content (AvgIpc) is 2.75. The maximum Gasteiger partial charge on any atom is 0.232 e. The molecule has 2 heterocycles. The summed E-state index contributed by atoms with van der Waals surface area (Å²) >= 11 is 7.78. The molecule has 1 aliphatic heterocycles. The van der Waals surface area contributed by atoms with Crippen LogP contribution in [0.5, 0.6) is 5.88 Å². The highest BCUT2D eigenvalue weighted by atomic mass is 35.5. The Labute approximate surface area is 123 Å². The van der Waals surface area contributed by atoms with Crippen molar-refractivity contribution in [3.8, 4) is 5.88 Å². The molecule has 0 bridgehead atoms. The minimum Gasteiger partial charge on any atom is -0.473 e. The van der Waals surface area contributed by atoms with Gasteiger partial charge >= 0.3 is 0 Å². The molecule has 1 saturated carbocycles. The largest absolute Gasteiger partial charge is 0.473 e. The van der Waals surface area contributed by atoms with Crippen molar-refractivity contribution in [2.75, 3.05) is 5.75 Å². The highest BCUT2D eigenvalue weighted by Crippen LogP contribution is 2.39. The summed E-state index contributed by atoms with van der Waals surface area (Å²) in [6.07, 6.45) is 4.78. The number of nitrogens with zero attached hydrogens (tertiary/aromatic N) is 2. The van der Waals surface area contributed by atoms with Gasteiger partial charge < -0.3 is 4.74 Å². The predicted molar refractivity (Wildman–Crippen MR) is 78.1 cm³/mol. The van der Waals surface area contributed by atoms with E-state index in [2.05, 4.69) is 23.8 Å². The molecule has 1 fully saturated rings. The maximum absolute atomic E-state index is 6.16. The molecule has 104 valence electrons. The molecule has 0 N–H and O–H groups in total. The fourth-order valence-electron chi connectivity index (χ4n) is 3.22. The van der Waals surface area contributed by atoms with Gasteiger partial charge in [0.2, 0.25) is 11.2 Å². The zero-order valence-corrected chi connectivity index (χ0v) is 12.9. The third kappa shape index (κ3) is 3.00. The molecular formula is C14H19ClN2OS. The first-order chi connectivity index (χ1) is 9.11. The van der Waals surface area contributed by atoms with Crippen molar-refractivity contribution in [3.05, 3.63) is 11.0 Å². The van der Waals surface area contributed by atoms with Gasteiger partial charge in [0.15, 0.2) is 0 Å². The average molecular weight is 299 g/mol. The number of thioether (sulfide) groups is 1. The summed E-state index contributed by atoms with van der Waals surface area (Å²) in [7, 11) is 0. The van der Waals surface area contributed by atoms with E-state index in [1.807, 2.05) is 0 Å². The highest BCUT2D eigenvalue weighted by molar-refractivity contribution is 7.99. The Bertz CT molecular complexity index is 473. The maximum atomic E-state index is 6.16. The molecule has 2 aliphatic rings. The number of hydrogen-bond acceptors (Lipinski definition) is 4. The molecule has 1 aromatic heterocycles. The van der Waals surface area contributed by atoms with Crippen molar-refractivity contribution in [1.82, 2.24) is 9.97 Å². The zero-order chi connectivity index (χ0) is 13.4. The van der Waals surface area contributed by atoms with Gasteiger partial charge in [-0.1, -0.05) is 13.8 Å². The SMILES string of the molecule is CC1CC(C)CC(Oc2nc(Cl)nc3c2SCC3)C1. The molecule has 1 aromatic rings. The van der Waals surface area contributed by atoms with Crippen LogP contribution in [0.1, 0.15) is 38.8 Å². The Hall–Kier alpha value is -0.480. The summed E-state index contributed by atoms with van der Waals surface area (Å²) in [4.78, 5) is 9.70. The van der Waals surface area contributed by atoms with Crippen LogP contribution >= 0.6 is 23.4 Å². The molecule has 0 saturated heterocycles. The monoisotopic (exact) mass is 298 g/mol. The number of aryl methyl sites for hydroxylation is 1. The number of aromatic nitrogens is 2. The van der Waals surface area contributed by atoms with Gasteiger partial charge in [0.1, 0.15) is 6.10 Å². The van der Waals surface area contributed by atoms with Gasteiger partial charge in [-0.15, -0.1) is 11.8 Å². The number of hydrogen-bond donors (Lipinski definition) is 0. The predicted octanol–water partition coefficient (Wildman–Crippen LogP) is 3.98. The molecule has 5 heteroatoms.